The van der Waals surface area contributed by atoms with E-state index < -0.39 is 12.2 Å². The zero-order chi connectivity index (χ0) is 14.8. The first-order valence-corrected chi connectivity index (χ1v) is 8.47. The van der Waals surface area contributed by atoms with Crippen LogP contribution in [-0.2, 0) is 4.79 Å². The van der Waals surface area contributed by atoms with E-state index in [0.717, 1.165) is 32.1 Å². The molecule has 3 nitrogen and oxygen atoms in total. The summed E-state index contributed by atoms with van der Waals surface area (Å²) in [7, 11) is 0. The van der Waals surface area contributed by atoms with Crippen LogP contribution in [0.5, 0.6) is 0 Å². The number of carbonyl (C=O) groups excluding carboxylic acids is 1. The highest BCUT2D eigenvalue weighted by Gasteiger charge is 2.32. The Morgan fingerprint density at radius 3 is 1.95 bits per heavy atom. The number of unbranched alkanes of at least 4 members (excludes halogenated alkanes) is 7. The Balaban J connectivity index is 1.82. The first kappa shape index (κ1) is 17.6. The fourth-order valence-corrected chi connectivity index (χ4v) is 3.20. The molecular weight excluding hydrogens is 252 g/mol. The molecule has 0 aromatic rings. The van der Waals surface area contributed by atoms with Crippen LogP contribution in [0.3, 0.4) is 0 Å². The number of hydrogen-bond donors (Lipinski definition) is 2. The number of carbonyl (C=O) groups is 1. The molecule has 1 fully saturated rings. The summed E-state index contributed by atoms with van der Waals surface area (Å²) in [6.07, 6.45) is 12.4. The van der Waals surface area contributed by atoms with Gasteiger partial charge < -0.3 is 15.0 Å². The molecule has 0 aliphatic heterocycles. The predicted molar refractivity (Wildman–Crippen MR) is 81.6 cm³/mol. The van der Waals surface area contributed by atoms with Gasteiger partial charge in [0.25, 0.3) is 0 Å². The van der Waals surface area contributed by atoms with Crippen molar-refractivity contribution in [2.45, 2.75) is 96.2 Å². The molecule has 2 N–H and O–H groups in total. The Hall–Kier alpha value is -0.410. The number of hydrogen-bond acceptors (Lipinski definition) is 3. The van der Waals surface area contributed by atoms with Gasteiger partial charge in [0.2, 0.25) is 0 Å². The van der Waals surface area contributed by atoms with E-state index in [1.54, 1.807) is 6.92 Å². The van der Waals surface area contributed by atoms with E-state index in [1.807, 2.05) is 0 Å². The third kappa shape index (κ3) is 7.39. The van der Waals surface area contributed by atoms with Gasteiger partial charge >= 0.3 is 0 Å². The van der Waals surface area contributed by atoms with Crippen LogP contribution in [0.4, 0.5) is 0 Å². The molecule has 0 aromatic carbocycles. The summed E-state index contributed by atoms with van der Waals surface area (Å²) in [4.78, 5) is 10.8. The summed E-state index contributed by atoms with van der Waals surface area (Å²) in [5.41, 5.74) is 0. The van der Waals surface area contributed by atoms with Crippen LogP contribution in [0.15, 0.2) is 0 Å². The van der Waals surface area contributed by atoms with Gasteiger partial charge in [-0.15, -0.1) is 0 Å². The number of rotatable bonds is 11. The van der Waals surface area contributed by atoms with Crippen molar-refractivity contribution in [3.05, 3.63) is 0 Å². The van der Waals surface area contributed by atoms with Crippen molar-refractivity contribution in [2.24, 2.45) is 5.92 Å². The maximum atomic E-state index is 10.8. The Morgan fingerprint density at radius 1 is 0.900 bits per heavy atom. The molecule has 1 aliphatic rings. The molecule has 1 saturated carbocycles. The van der Waals surface area contributed by atoms with E-state index in [4.69, 9.17) is 0 Å². The fourth-order valence-electron chi connectivity index (χ4n) is 3.20. The zero-order valence-electron chi connectivity index (χ0n) is 13.0. The number of aliphatic hydroxyl groups excluding tert-OH is 2. The van der Waals surface area contributed by atoms with Gasteiger partial charge in [-0.3, -0.25) is 0 Å². The monoisotopic (exact) mass is 284 g/mol. The highest BCUT2D eigenvalue weighted by molar-refractivity contribution is 5.75. The van der Waals surface area contributed by atoms with Crippen molar-refractivity contribution < 1.29 is 15.0 Å². The van der Waals surface area contributed by atoms with Crippen LogP contribution in [0, 0.1) is 5.92 Å². The first-order valence-electron chi connectivity index (χ1n) is 8.47. The Morgan fingerprint density at radius 2 is 1.45 bits per heavy atom. The minimum Gasteiger partial charge on any atom is -0.390 e. The van der Waals surface area contributed by atoms with Crippen LogP contribution in [0.2, 0.25) is 0 Å². The predicted octanol–water partition coefficient (Wildman–Crippen LogP) is 3.61. The lowest BCUT2D eigenvalue weighted by molar-refractivity contribution is -0.117. The average Bonchev–Trinajstić information content (AvgIpc) is 2.72. The maximum absolute atomic E-state index is 10.8. The van der Waals surface area contributed by atoms with Crippen molar-refractivity contribution in [1.82, 2.24) is 0 Å². The molecule has 1 rings (SSSR count). The van der Waals surface area contributed by atoms with Gasteiger partial charge in [0.05, 0.1) is 12.2 Å². The molecule has 20 heavy (non-hydrogen) atoms. The van der Waals surface area contributed by atoms with E-state index in [2.05, 4.69) is 0 Å². The number of ketones is 1. The number of aliphatic hydroxyl groups is 2. The van der Waals surface area contributed by atoms with Crippen LogP contribution in [0.1, 0.15) is 84.0 Å². The highest BCUT2D eigenvalue weighted by atomic mass is 16.3. The largest absolute Gasteiger partial charge is 0.390 e. The molecule has 0 bridgehead atoms. The van der Waals surface area contributed by atoms with E-state index in [9.17, 15) is 15.0 Å². The van der Waals surface area contributed by atoms with E-state index in [1.165, 1.54) is 44.9 Å². The second-order valence-electron chi connectivity index (χ2n) is 6.46. The summed E-state index contributed by atoms with van der Waals surface area (Å²) < 4.78 is 0. The first-order chi connectivity index (χ1) is 9.61. The van der Waals surface area contributed by atoms with Crippen molar-refractivity contribution in [2.75, 3.05) is 0 Å². The highest BCUT2D eigenvalue weighted by Crippen LogP contribution is 2.30. The van der Waals surface area contributed by atoms with Gasteiger partial charge in [-0.25, -0.2) is 0 Å². The smallest absolute Gasteiger partial charge is 0.129 e. The summed E-state index contributed by atoms with van der Waals surface area (Å²) in [6, 6.07) is 0. The van der Waals surface area contributed by atoms with Crippen LogP contribution in [0.25, 0.3) is 0 Å². The molecule has 118 valence electrons. The van der Waals surface area contributed by atoms with E-state index in [-0.39, 0.29) is 0 Å². The molecule has 3 heteroatoms. The fraction of sp³-hybridized carbons (Fsp3) is 0.941. The van der Waals surface area contributed by atoms with Crippen molar-refractivity contribution >= 4 is 5.78 Å². The third-order valence-corrected chi connectivity index (χ3v) is 4.56. The molecule has 0 unspecified atom stereocenters. The van der Waals surface area contributed by atoms with Crippen molar-refractivity contribution in [3.8, 4) is 0 Å². The maximum Gasteiger partial charge on any atom is 0.129 e. The van der Waals surface area contributed by atoms with Gasteiger partial charge in [-0.1, -0.05) is 44.9 Å². The Kier molecular flexibility index (Phi) is 9.12. The molecule has 0 spiro atoms. The summed E-state index contributed by atoms with van der Waals surface area (Å²) in [6.45, 7) is 1.67. The van der Waals surface area contributed by atoms with Crippen LogP contribution >= 0.6 is 0 Å². The lowest BCUT2D eigenvalue weighted by atomic mass is 9.97. The van der Waals surface area contributed by atoms with Gasteiger partial charge in [0.1, 0.15) is 5.78 Å². The summed E-state index contributed by atoms with van der Waals surface area (Å²) >= 11 is 0. The lowest BCUT2D eigenvalue weighted by Crippen LogP contribution is -2.24. The van der Waals surface area contributed by atoms with Gasteiger partial charge in [-0.2, -0.15) is 0 Å². The second kappa shape index (κ2) is 10.3. The van der Waals surface area contributed by atoms with E-state index in [0.29, 0.717) is 11.7 Å². The molecule has 0 amide bonds. The van der Waals surface area contributed by atoms with Gasteiger partial charge in [-0.05, 0) is 38.5 Å². The molecule has 0 heterocycles. The van der Waals surface area contributed by atoms with Crippen molar-refractivity contribution in [1.29, 1.82) is 0 Å². The molecule has 0 saturated heterocycles. The summed E-state index contributed by atoms with van der Waals surface area (Å²) in [5, 5.41) is 19.2. The van der Waals surface area contributed by atoms with E-state index >= 15 is 0 Å². The minimum atomic E-state index is -0.477. The Labute approximate surface area is 123 Å². The van der Waals surface area contributed by atoms with Crippen LogP contribution in [-0.4, -0.2) is 28.2 Å². The molecule has 1 aliphatic carbocycles. The molecule has 3 atom stereocenters. The topological polar surface area (TPSA) is 57.5 Å². The standard InChI is InChI=1S/C17H32O3/c1-14(18)10-8-6-4-2-3-5-7-9-11-15-12-13-16(19)17(15)20/h15-17,19-20H,2-13H2,1H3/t15-,16+,17+/m0/s1. The minimum absolute atomic E-state index is 0.309. The molecular formula is C17H32O3. The molecule has 0 radical (unpaired) electrons. The lowest BCUT2D eigenvalue weighted by Gasteiger charge is -2.15. The van der Waals surface area contributed by atoms with Crippen LogP contribution < -0.4 is 0 Å². The number of Topliss-reactive ketones (excluding diaryl/α,β-unsaturated/α-hetero) is 1. The second-order valence-corrected chi connectivity index (χ2v) is 6.46. The normalized spacial score (nSPS) is 26.1. The third-order valence-electron chi connectivity index (χ3n) is 4.56. The average molecular weight is 284 g/mol. The zero-order valence-corrected chi connectivity index (χ0v) is 13.0. The molecule has 0 aromatic heterocycles. The Bertz CT molecular complexity index is 265. The summed E-state index contributed by atoms with van der Waals surface area (Å²) in [5.74, 6) is 0.640. The van der Waals surface area contributed by atoms with Gasteiger partial charge in [0.15, 0.2) is 0 Å². The van der Waals surface area contributed by atoms with Crippen molar-refractivity contribution in [3.63, 3.8) is 0 Å². The quantitative estimate of drug-likeness (QED) is 0.570. The SMILES string of the molecule is CC(=O)CCCCCCCCCC[C@H]1CC[C@@H](O)[C@@H]1O. The van der Waals surface area contributed by atoms with Gasteiger partial charge in [0, 0.05) is 6.42 Å².